The van der Waals surface area contributed by atoms with Gasteiger partial charge in [0, 0.05) is 12.5 Å². The summed E-state index contributed by atoms with van der Waals surface area (Å²) in [7, 11) is 3.17. The molecule has 0 saturated heterocycles. The number of hydrogen-bond donors (Lipinski definition) is 0. The summed E-state index contributed by atoms with van der Waals surface area (Å²) in [6.07, 6.45) is 1.24. The van der Waals surface area contributed by atoms with Gasteiger partial charge in [0.15, 0.2) is 0 Å². The minimum Gasteiger partial charge on any atom is -1.00 e. The molecule has 0 heterocycles. The van der Waals surface area contributed by atoms with E-state index < -0.39 is 0 Å². The SMILES string of the molecule is COc1cc(CC=O)cc(OC)c1.[H-].[Na+]. The largest absolute Gasteiger partial charge is 1.00 e. The molecule has 0 atom stereocenters. The first-order chi connectivity index (χ1) is 6.30. The Balaban J connectivity index is 0. The Morgan fingerprint density at radius 3 is 2.07 bits per heavy atom. The molecule has 0 aliphatic rings. The van der Waals surface area contributed by atoms with Gasteiger partial charge < -0.3 is 15.7 Å². The third-order valence-electron chi connectivity index (χ3n) is 1.73. The van der Waals surface area contributed by atoms with E-state index in [1.165, 1.54) is 0 Å². The van der Waals surface area contributed by atoms with Gasteiger partial charge in [-0.25, -0.2) is 0 Å². The van der Waals surface area contributed by atoms with Crippen molar-refractivity contribution in [2.45, 2.75) is 6.42 Å². The molecule has 4 heteroatoms. The number of aldehydes is 1. The van der Waals surface area contributed by atoms with Crippen LogP contribution in [-0.2, 0) is 11.2 Å². The molecule has 0 aliphatic carbocycles. The van der Waals surface area contributed by atoms with Gasteiger partial charge in [-0.2, -0.15) is 0 Å². The fourth-order valence-electron chi connectivity index (χ4n) is 1.08. The second-order valence-electron chi connectivity index (χ2n) is 2.59. The number of ether oxygens (including phenoxy) is 2. The molecule has 0 unspecified atom stereocenters. The minimum atomic E-state index is 0. The quantitative estimate of drug-likeness (QED) is 0.445. The predicted molar refractivity (Wildman–Crippen MR) is 50.4 cm³/mol. The van der Waals surface area contributed by atoms with Crippen molar-refractivity contribution in [3.05, 3.63) is 23.8 Å². The predicted octanol–water partition coefficient (Wildman–Crippen LogP) is -1.44. The second kappa shape index (κ2) is 6.87. The van der Waals surface area contributed by atoms with Crippen molar-refractivity contribution in [1.82, 2.24) is 0 Å². The van der Waals surface area contributed by atoms with Gasteiger partial charge in [0.2, 0.25) is 0 Å². The molecular weight excluding hydrogens is 191 g/mol. The Morgan fingerprint density at radius 2 is 1.71 bits per heavy atom. The molecule has 3 nitrogen and oxygen atoms in total. The smallest absolute Gasteiger partial charge is 1.00 e. The van der Waals surface area contributed by atoms with E-state index in [0.717, 1.165) is 11.8 Å². The van der Waals surface area contributed by atoms with E-state index in [2.05, 4.69) is 0 Å². The van der Waals surface area contributed by atoms with Crippen LogP contribution >= 0.6 is 0 Å². The van der Waals surface area contributed by atoms with Gasteiger partial charge in [-0.15, -0.1) is 0 Å². The average molecular weight is 204 g/mol. The molecule has 0 fully saturated rings. The maximum absolute atomic E-state index is 10.3. The van der Waals surface area contributed by atoms with Crippen molar-refractivity contribution in [3.63, 3.8) is 0 Å². The Hall–Kier alpha value is -0.510. The molecule has 14 heavy (non-hydrogen) atoms. The summed E-state index contributed by atoms with van der Waals surface area (Å²) in [6, 6.07) is 5.40. The summed E-state index contributed by atoms with van der Waals surface area (Å²) in [5.74, 6) is 1.41. The van der Waals surface area contributed by atoms with Gasteiger partial charge in [0.25, 0.3) is 0 Å². The van der Waals surface area contributed by atoms with E-state index in [1.807, 2.05) is 12.1 Å². The number of rotatable bonds is 4. The Bertz CT molecular complexity index is 282. The molecule has 0 amide bonds. The van der Waals surface area contributed by atoms with Crippen molar-refractivity contribution >= 4 is 6.29 Å². The molecule has 0 radical (unpaired) electrons. The molecule has 0 aliphatic heterocycles. The standard InChI is InChI=1S/C10H12O3.Na.H/c1-12-9-5-8(3-4-11)6-10(7-9)13-2;;/h4-7H,3H2,1-2H3;;/q;+1;-1. The maximum atomic E-state index is 10.3. The molecule has 1 aromatic carbocycles. The molecule has 72 valence electrons. The van der Waals surface area contributed by atoms with Crippen molar-refractivity contribution in [3.8, 4) is 11.5 Å². The van der Waals surface area contributed by atoms with E-state index >= 15 is 0 Å². The number of carbonyl (C=O) groups excluding carboxylic acids is 1. The topological polar surface area (TPSA) is 35.5 Å². The van der Waals surface area contributed by atoms with E-state index in [9.17, 15) is 4.79 Å². The van der Waals surface area contributed by atoms with Gasteiger partial charge in [-0.1, -0.05) is 0 Å². The van der Waals surface area contributed by atoms with Crippen LogP contribution in [0.2, 0.25) is 0 Å². The Kier molecular flexibility index (Phi) is 6.62. The molecule has 0 spiro atoms. The van der Waals surface area contributed by atoms with E-state index in [1.54, 1.807) is 20.3 Å². The van der Waals surface area contributed by atoms with Crippen LogP contribution in [-0.4, -0.2) is 20.5 Å². The summed E-state index contributed by atoms with van der Waals surface area (Å²) < 4.78 is 10.1. The normalized spacial score (nSPS) is 8.71. The van der Waals surface area contributed by atoms with Crippen molar-refractivity contribution in [2.75, 3.05) is 14.2 Å². The average Bonchev–Trinajstić information content (AvgIpc) is 2.17. The zero-order valence-corrected chi connectivity index (χ0v) is 10.7. The van der Waals surface area contributed by atoms with Crippen LogP contribution < -0.4 is 39.0 Å². The zero-order valence-electron chi connectivity index (χ0n) is 9.74. The van der Waals surface area contributed by atoms with Crippen LogP contribution in [0.25, 0.3) is 0 Å². The first kappa shape index (κ1) is 13.5. The third kappa shape index (κ3) is 3.70. The van der Waals surface area contributed by atoms with E-state index in [0.29, 0.717) is 17.9 Å². The number of methoxy groups -OCH3 is 2. The second-order valence-corrected chi connectivity index (χ2v) is 2.59. The summed E-state index contributed by atoms with van der Waals surface area (Å²) >= 11 is 0. The molecule has 0 N–H and O–H groups in total. The van der Waals surface area contributed by atoms with Crippen LogP contribution in [0.4, 0.5) is 0 Å². The summed E-state index contributed by atoms with van der Waals surface area (Å²) in [6.45, 7) is 0. The maximum Gasteiger partial charge on any atom is 1.00 e. The number of hydrogen-bond acceptors (Lipinski definition) is 3. The fourth-order valence-corrected chi connectivity index (χ4v) is 1.08. The van der Waals surface area contributed by atoms with Gasteiger partial charge in [-0.05, 0) is 17.7 Å². The molecular formula is C10H13NaO3. The minimum absolute atomic E-state index is 0. The van der Waals surface area contributed by atoms with Crippen LogP contribution in [0.5, 0.6) is 11.5 Å². The monoisotopic (exact) mass is 204 g/mol. The molecule has 1 aromatic rings. The summed E-state index contributed by atoms with van der Waals surface area (Å²) in [5, 5.41) is 0. The van der Waals surface area contributed by atoms with Gasteiger partial charge in [-0.3, -0.25) is 0 Å². The van der Waals surface area contributed by atoms with Crippen LogP contribution in [0.15, 0.2) is 18.2 Å². The first-order valence-electron chi connectivity index (χ1n) is 3.95. The van der Waals surface area contributed by atoms with Crippen LogP contribution in [0, 0.1) is 0 Å². The first-order valence-corrected chi connectivity index (χ1v) is 3.95. The molecule has 0 bridgehead atoms. The van der Waals surface area contributed by atoms with Crippen LogP contribution in [0.3, 0.4) is 0 Å². The van der Waals surface area contributed by atoms with Gasteiger partial charge in [0.1, 0.15) is 17.8 Å². The van der Waals surface area contributed by atoms with E-state index in [4.69, 9.17) is 9.47 Å². The number of benzene rings is 1. The zero-order chi connectivity index (χ0) is 9.68. The molecule has 0 saturated carbocycles. The molecule has 0 aromatic heterocycles. The Labute approximate surface area is 107 Å². The summed E-state index contributed by atoms with van der Waals surface area (Å²) in [5.41, 5.74) is 0.895. The van der Waals surface area contributed by atoms with Crippen molar-refractivity contribution < 1.29 is 45.3 Å². The summed E-state index contributed by atoms with van der Waals surface area (Å²) in [4.78, 5) is 10.3. The van der Waals surface area contributed by atoms with Crippen molar-refractivity contribution in [1.29, 1.82) is 0 Å². The van der Waals surface area contributed by atoms with E-state index in [-0.39, 0.29) is 31.0 Å². The number of carbonyl (C=O) groups is 1. The molecule has 1 rings (SSSR count). The van der Waals surface area contributed by atoms with Crippen molar-refractivity contribution in [2.24, 2.45) is 0 Å². The van der Waals surface area contributed by atoms with Crippen LogP contribution in [0.1, 0.15) is 6.99 Å². The fraction of sp³-hybridized carbons (Fsp3) is 0.300. The van der Waals surface area contributed by atoms with Gasteiger partial charge in [0.05, 0.1) is 14.2 Å². The Morgan fingerprint density at radius 1 is 1.21 bits per heavy atom. The third-order valence-corrected chi connectivity index (χ3v) is 1.73. The van der Waals surface area contributed by atoms with Gasteiger partial charge >= 0.3 is 29.6 Å².